The summed E-state index contributed by atoms with van der Waals surface area (Å²) < 4.78 is 7.26. The van der Waals surface area contributed by atoms with Crippen LogP contribution in [0.3, 0.4) is 0 Å². The Balaban J connectivity index is 2.15. The summed E-state index contributed by atoms with van der Waals surface area (Å²) >= 11 is 6.60. The van der Waals surface area contributed by atoms with Crippen molar-refractivity contribution in [2.24, 2.45) is 0 Å². The van der Waals surface area contributed by atoms with Crippen molar-refractivity contribution >= 4 is 37.8 Å². The quantitative estimate of drug-likeness (QED) is 0.843. The number of hydrogen-bond acceptors (Lipinski definition) is 2. The largest absolute Gasteiger partial charge is 0.488 e. The zero-order valence-corrected chi connectivity index (χ0v) is 12.9. The van der Waals surface area contributed by atoms with Gasteiger partial charge >= 0.3 is 5.97 Å². The van der Waals surface area contributed by atoms with Gasteiger partial charge in [-0.25, -0.2) is 4.79 Å². The standard InChI is InChI=1S/C14H10Br2O3/c15-10-3-1-9(2-4-10)8-19-13-6-5-11(16)7-12(13)14(17)18/h1-7H,8H2,(H,17,18). The molecule has 2 rings (SSSR count). The van der Waals surface area contributed by atoms with Crippen molar-refractivity contribution in [3.8, 4) is 5.75 Å². The van der Waals surface area contributed by atoms with E-state index in [-0.39, 0.29) is 5.56 Å². The Bertz CT molecular complexity index is 594. The zero-order chi connectivity index (χ0) is 13.8. The first-order chi connectivity index (χ1) is 9.06. The van der Waals surface area contributed by atoms with E-state index in [1.54, 1.807) is 12.1 Å². The Hall–Kier alpha value is -1.33. The summed E-state index contributed by atoms with van der Waals surface area (Å²) in [6.07, 6.45) is 0. The Morgan fingerprint density at radius 3 is 2.32 bits per heavy atom. The first kappa shape index (κ1) is 14.1. The van der Waals surface area contributed by atoms with Crippen LogP contribution >= 0.6 is 31.9 Å². The molecule has 0 fully saturated rings. The Morgan fingerprint density at radius 1 is 1.05 bits per heavy atom. The van der Waals surface area contributed by atoms with E-state index in [4.69, 9.17) is 9.84 Å². The fourth-order valence-corrected chi connectivity index (χ4v) is 2.16. The number of rotatable bonds is 4. The van der Waals surface area contributed by atoms with Crippen LogP contribution in [-0.4, -0.2) is 11.1 Å². The van der Waals surface area contributed by atoms with Gasteiger partial charge < -0.3 is 9.84 Å². The van der Waals surface area contributed by atoms with Crippen LogP contribution < -0.4 is 4.74 Å². The maximum Gasteiger partial charge on any atom is 0.339 e. The molecule has 0 aliphatic heterocycles. The fourth-order valence-electron chi connectivity index (χ4n) is 1.54. The topological polar surface area (TPSA) is 46.5 Å². The van der Waals surface area contributed by atoms with Gasteiger partial charge in [-0.2, -0.15) is 0 Å². The predicted molar refractivity (Wildman–Crippen MR) is 79.6 cm³/mol. The molecule has 0 spiro atoms. The van der Waals surface area contributed by atoms with E-state index in [2.05, 4.69) is 31.9 Å². The molecule has 0 radical (unpaired) electrons. The van der Waals surface area contributed by atoms with Crippen molar-refractivity contribution in [3.05, 3.63) is 62.5 Å². The van der Waals surface area contributed by atoms with Gasteiger partial charge in [-0.1, -0.05) is 44.0 Å². The lowest BCUT2D eigenvalue weighted by Crippen LogP contribution is -2.03. The second-order valence-electron chi connectivity index (χ2n) is 3.86. The van der Waals surface area contributed by atoms with Crippen LogP contribution in [0.4, 0.5) is 0 Å². The molecule has 0 aliphatic rings. The van der Waals surface area contributed by atoms with Gasteiger partial charge in [0.25, 0.3) is 0 Å². The molecule has 0 heterocycles. The highest BCUT2D eigenvalue weighted by Gasteiger charge is 2.11. The van der Waals surface area contributed by atoms with Gasteiger partial charge in [0.1, 0.15) is 17.9 Å². The van der Waals surface area contributed by atoms with Gasteiger partial charge in [-0.15, -0.1) is 0 Å². The molecule has 2 aromatic rings. The third kappa shape index (κ3) is 3.81. The van der Waals surface area contributed by atoms with Gasteiger partial charge in [0.05, 0.1) is 0 Å². The van der Waals surface area contributed by atoms with E-state index in [1.165, 1.54) is 6.07 Å². The average molecular weight is 386 g/mol. The first-order valence-corrected chi connectivity index (χ1v) is 7.05. The van der Waals surface area contributed by atoms with Crippen LogP contribution in [0.15, 0.2) is 51.4 Å². The van der Waals surface area contributed by atoms with Crippen LogP contribution in [0.1, 0.15) is 15.9 Å². The highest BCUT2D eigenvalue weighted by Crippen LogP contribution is 2.24. The molecule has 2 aromatic carbocycles. The fraction of sp³-hybridized carbons (Fsp3) is 0.0714. The summed E-state index contributed by atoms with van der Waals surface area (Å²) in [6, 6.07) is 12.6. The molecular formula is C14H10Br2O3. The summed E-state index contributed by atoms with van der Waals surface area (Å²) in [7, 11) is 0. The Kier molecular flexibility index (Phi) is 4.61. The number of hydrogen-bond donors (Lipinski definition) is 1. The van der Waals surface area contributed by atoms with Gasteiger partial charge in [0.2, 0.25) is 0 Å². The van der Waals surface area contributed by atoms with Crippen molar-refractivity contribution in [2.45, 2.75) is 6.61 Å². The highest BCUT2D eigenvalue weighted by atomic mass is 79.9. The third-order valence-electron chi connectivity index (χ3n) is 2.48. The van der Waals surface area contributed by atoms with E-state index in [9.17, 15) is 4.79 Å². The summed E-state index contributed by atoms with van der Waals surface area (Å²) in [6.45, 7) is 0.329. The SMILES string of the molecule is O=C(O)c1cc(Br)ccc1OCc1ccc(Br)cc1. The van der Waals surface area contributed by atoms with E-state index in [0.29, 0.717) is 16.8 Å². The van der Waals surface area contributed by atoms with Crippen molar-refractivity contribution in [3.63, 3.8) is 0 Å². The number of ether oxygens (including phenoxy) is 1. The molecule has 0 atom stereocenters. The minimum atomic E-state index is -1.01. The highest BCUT2D eigenvalue weighted by molar-refractivity contribution is 9.10. The van der Waals surface area contributed by atoms with Crippen LogP contribution in [0.2, 0.25) is 0 Å². The summed E-state index contributed by atoms with van der Waals surface area (Å²) in [5.74, 6) is -0.647. The molecule has 98 valence electrons. The maximum absolute atomic E-state index is 11.1. The lowest BCUT2D eigenvalue weighted by atomic mass is 10.2. The maximum atomic E-state index is 11.1. The first-order valence-electron chi connectivity index (χ1n) is 5.46. The van der Waals surface area contributed by atoms with Gasteiger partial charge in [0, 0.05) is 8.95 Å². The third-order valence-corrected chi connectivity index (χ3v) is 3.50. The summed E-state index contributed by atoms with van der Waals surface area (Å²) in [4.78, 5) is 11.1. The number of carboxylic acids is 1. The number of carbonyl (C=O) groups is 1. The Morgan fingerprint density at radius 2 is 1.68 bits per heavy atom. The van der Waals surface area contributed by atoms with Crippen LogP contribution in [-0.2, 0) is 6.61 Å². The minimum absolute atomic E-state index is 0.145. The molecule has 0 bridgehead atoms. The second kappa shape index (κ2) is 6.21. The van der Waals surface area contributed by atoms with E-state index in [0.717, 1.165) is 10.0 Å². The predicted octanol–water partition coefficient (Wildman–Crippen LogP) is 4.49. The molecule has 5 heteroatoms. The lowest BCUT2D eigenvalue weighted by molar-refractivity contribution is 0.0691. The molecule has 0 amide bonds. The van der Waals surface area contributed by atoms with E-state index in [1.807, 2.05) is 24.3 Å². The average Bonchev–Trinajstić information content (AvgIpc) is 2.39. The van der Waals surface area contributed by atoms with Crippen molar-refractivity contribution in [1.29, 1.82) is 0 Å². The molecule has 0 aromatic heterocycles. The minimum Gasteiger partial charge on any atom is -0.488 e. The molecule has 19 heavy (non-hydrogen) atoms. The van der Waals surface area contributed by atoms with Crippen molar-refractivity contribution < 1.29 is 14.6 Å². The van der Waals surface area contributed by atoms with Gasteiger partial charge in [-0.3, -0.25) is 0 Å². The normalized spacial score (nSPS) is 10.2. The second-order valence-corrected chi connectivity index (χ2v) is 5.69. The van der Waals surface area contributed by atoms with Crippen LogP contribution in [0, 0.1) is 0 Å². The van der Waals surface area contributed by atoms with E-state index < -0.39 is 5.97 Å². The van der Waals surface area contributed by atoms with Gasteiger partial charge in [-0.05, 0) is 35.9 Å². The monoisotopic (exact) mass is 384 g/mol. The zero-order valence-electron chi connectivity index (χ0n) is 9.77. The summed E-state index contributed by atoms with van der Waals surface area (Å²) in [5, 5.41) is 9.12. The molecule has 0 saturated carbocycles. The smallest absolute Gasteiger partial charge is 0.339 e. The summed E-state index contributed by atoms with van der Waals surface area (Å²) in [5.41, 5.74) is 1.12. The Labute approximate surface area is 127 Å². The number of halogens is 2. The van der Waals surface area contributed by atoms with E-state index >= 15 is 0 Å². The van der Waals surface area contributed by atoms with Crippen molar-refractivity contribution in [2.75, 3.05) is 0 Å². The van der Waals surface area contributed by atoms with Crippen molar-refractivity contribution in [1.82, 2.24) is 0 Å². The molecular weight excluding hydrogens is 376 g/mol. The van der Waals surface area contributed by atoms with Crippen LogP contribution in [0.25, 0.3) is 0 Å². The number of benzene rings is 2. The lowest BCUT2D eigenvalue weighted by Gasteiger charge is -2.09. The molecule has 0 unspecified atom stereocenters. The van der Waals surface area contributed by atoms with Gasteiger partial charge in [0.15, 0.2) is 0 Å². The molecule has 0 aliphatic carbocycles. The molecule has 0 saturated heterocycles. The molecule has 1 N–H and O–H groups in total. The van der Waals surface area contributed by atoms with Crippen LogP contribution in [0.5, 0.6) is 5.75 Å². The molecule has 3 nitrogen and oxygen atoms in total. The number of aromatic carboxylic acids is 1. The number of carboxylic acid groups (broad SMARTS) is 1.